The predicted octanol–water partition coefficient (Wildman–Crippen LogP) is 4.65. The zero-order chi connectivity index (χ0) is 22.5. The monoisotopic (exact) mass is 447 g/mol. The van der Waals surface area contributed by atoms with E-state index in [1.165, 1.54) is 19.1 Å². The number of rotatable bonds is 10. The first kappa shape index (κ1) is 25.6. The van der Waals surface area contributed by atoms with Crippen molar-refractivity contribution >= 4 is 10.0 Å². The minimum atomic E-state index is -5.87. The first-order valence-corrected chi connectivity index (χ1v) is 10.5. The number of ether oxygens (including phenoxy) is 2. The van der Waals surface area contributed by atoms with E-state index in [0.717, 1.165) is 12.1 Å². The maximum absolute atomic E-state index is 13.0. The molecule has 0 amide bonds. The Morgan fingerprint density at radius 3 is 2.28 bits per heavy atom. The summed E-state index contributed by atoms with van der Waals surface area (Å²) >= 11 is 0. The molecule has 11 heteroatoms. The van der Waals surface area contributed by atoms with Crippen molar-refractivity contribution in [2.24, 2.45) is 5.41 Å². The molecule has 1 aromatic carbocycles. The lowest BCUT2D eigenvalue weighted by Gasteiger charge is -2.21. The van der Waals surface area contributed by atoms with E-state index in [-0.39, 0.29) is 29.8 Å². The Labute approximate surface area is 167 Å². The van der Waals surface area contributed by atoms with Crippen molar-refractivity contribution in [1.82, 2.24) is 4.72 Å². The third kappa shape index (κ3) is 9.26. The van der Waals surface area contributed by atoms with Crippen molar-refractivity contribution in [3.8, 4) is 5.75 Å². The molecule has 29 heavy (non-hydrogen) atoms. The quantitative estimate of drug-likeness (QED) is 0.419. The van der Waals surface area contributed by atoms with Crippen LogP contribution in [0.2, 0.25) is 0 Å². The summed E-state index contributed by atoms with van der Waals surface area (Å²) in [5.74, 6) is -0.949. The van der Waals surface area contributed by atoms with Crippen LogP contribution in [0.1, 0.15) is 45.7 Å². The van der Waals surface area contributed by atoms with Gasteiger partial charge in [0.25, 0.3) is 0 Å². The number of halogens is 5. The van der Waals surface area contributed by atoms with Crippen molar-refractivity contribution in [1.29, 1.82) is 0 Å². The number of hydrogen-bond donors (Lipinski definition) is 1. The molecule has 0 radical (unpaired) electrons. The van der Waals surface area contributed by atoms with E-state index < -0.39 is 34.1 Å². The first-order chi connectivity index (χ1) is 13.0. The van der Waals surface area contributed by atoms with Gasteiger partial charge in [0.1, 0.15) is 5.75 Å². The largest absolute Gasteiger partial charge is 0.499 e. The second kappa shape index (κ2) is 9.57. The standard InChI is InChI=1S/C18H26F5NO4S/c1-13(24-29(25,26)10-6-9-27-12-16(2,3)4)14-7-5-8-15(11-14)28-18(22,23)17(19,20)21/h5,7-8,11,13,24H,6,9-10,12H2,1-4H3/t13-/m1/s1. The van der Waals surface area contributed by atoms with Gasteiger partial charge in [0.05, 0.1) is 12.4 Å². The van der Waals surface area contributed by atoms with Gasteiger partial charge in [-0.05, 0) is 36.5 Å². The Morgan fingerprint density at radius 1 is 1.10 bits per heavy atom. The van der Waals surface area contributed by atoms with E-state index in [1.807, 2.05) is 20.8 Å². The summed E-state index contributed by atoms with van der Waals surface area (Å²) in [7, 11) is -3.72. The van der Waals surface area contributed by atoms with Crippen LogP contribution >= 0.6 is 0 Å². The highest BCUT2D eigenvalue weighted by atomic mass is 32.2. The summed E-state index contributed by atoms with van der Waals surface area (Å²) in [5.41, 5.74) is 0.134. The molecule has 5 nitrogen and oxygen atoms in total. The van der Waals surface area contributed by atoms with Gasteiger partial charge in [-0.3, -0.25) is 0 Å². The molecule has 0 aliphatic carbocycles. The highest BCUT2D eigenvalue weighted by molar-refractivity contribution is 7.89. The summed E-state index contributed by atoms with van der Waals surface area (Å²) in [4.78, 5) is 0. The molecule has 0 aromatic heterocycles. The molecule has 168 valence electrons. The van der Waals surface area contributed by atoms with Gasteiger partial charge in [-0.1, -0.05) is 32.9 Å². The summed E-state index contributed by atoms with van der Waals surface area (Å²) in [6, 6.07) is 3.58. The van der Waals surface area contributed by atoms with E-state index in [0.29, 0.717) is 6.61 Å². The van der Waals surface area contributed by atoms with Crippen LogP contribution in [0.5, 0.6) is 5.75 Å². The fourth-order valence-electron chi connectivity index (χ4n) is 2.18. The normalized spacial score (nSPS) is 14.7. The van der Waals surface area contributed by atoms with Gasteiger partial charge < -0.3 is 9.47 Å². The zero-order valence-corrected chi connectivity index (χ0v) is 17.5. The molecule has 1 aromatic rings. The van der Waals surface area contributed by atoms with Crippen molar-refractivity contribution in [3.63, 3.8) is 0 Å². The summed E-state index contributed by atoms with van der Waals surface area (Å²) in [6.07, 6.45) is -11.0. The SMILES string of the molecule is C[C@@H](NS(=O)(=O)CCCOCC(C)(C)C)c1cccc(OC(F)(F)C(F)(F)F)c1. The Hall–Kier alpha value is -1.46. The van der Waals surface area contributed by atoms with Gasteiger partial charge in [-0.2, -0.15) is 22.0 Å². The molecule has 0 bridgehead atoms. The molecular weight excluding hydrogens is 421 g/mol. The molecule has 0 heterocycles. The van der Waals surface area contributed by atoms with Gasteiger partial charge in [-0.25, -0.2) is 13.1 Å². The minimum Gasteiger partial charge on any atom is -0.426 e. The number of hydrogen-bond acceptors (Lipinski definition) is 4. The lowest BCUT2D eigenvalue weighted by atomic mass is 9.99. The van der Waals surface area contributed by atoms with Crippen molar-refractivity contribution in [3.05, 3.63) is 29.8 Å². The van der Waals surface area contributed by atoms with Gasteiger partial charge in [0.15, 0.2) is 0 Å². The maximum Gasteiger partial charge on any atom is 0.499 e. The van der Waals surface area contributed by atoms with E-state index >= 15 is 0 Å². The molecule has 0 saturated heterocycles. The molecule has 0 unspecified atom stereocenters. The van der Waals surface area contributed by atoms with E-state index in [2.05, 4.69) is 9.46 Å². The molecule has 0 spiro atoms. The highest BCUT2D eigenvalue weighted by Gasteiger charge is 2.61. The minimum absolute atomic E-state index is 0.0400. The van der Waals surface area contributed by atoms with Crippen molar-refractivity contribution < 1.29 is 39.8 Å². The van der Waals surface area contributed by atoms with Crippen LogP contribution in [0.25, 0.3) is 0 Å². The van der Waals surface area contributed by atoms with Gasteiger partial charge in [0, 0.05) is 12.6 Å². The van der Waals surface area contributed by atoms with Crippen LogP contribution in [-0.2, 0) is 14.8 Å². The second-order valence-corrected chi connectivity index (χ2v) is 9.69. The molecule has 0 aliphatic heterocycles. The fourth-order valence-corrected chi connectivity index (χ4v) is 3.47. The van der Waals surface area contributed by atoms with E-state index in [4.69, 9.17) is 4.74 Å². The van der Waals surface area contributed by atoms with Gasteiger partial charge in [0.2, 0.25) is 10.0 Å². The summed E-state index contributed by atoms with van der Waals surface area (Å²) < 4.78 is 98.7. The van der Waals surface area contributed by atoms with Gasteiger partial charge >= 0.3 is 12.3 Å². The molecule has 0 fully saturated rings. The van der Waals surface area contributed by atoms with E-state index in [1.54, 1.807) is 0 Å². The second-order valence-electron chi connectivity index (χ2n) is 7.81. The first-order valence-electron chi connectivity index (χ1n) is 8.84. The summed E-state index contributed by atoms with van der Waals surface area (Å²) in [5, 5.41) is 0. The number of nitrogens with one attached hydrogen (secondary N) is 1. The number of benzene rings is 1. The van der Waals surface area contributed by atoms with E-state index in [9.17, 15) is 30.4 Å². The topological polar surface area (TPSA) is 64.6 Å². The molecule has 1 N–H and O–H groups in total. The van der Waals surface area contributed by atoms with Crippen LogP contribution < -0.4 is 9.46 Å². The average molecular weight is 447 g/mol. The van der Waals surface area contributed by atoms with Crippen LogP contribution in [0.4, 0.5) is 22.0 Å². The number of alkyl halides is 5. The van der Waals surface area contributed by atoms with Crippen molar-refractivity contribution in [2.45, 2.75) is 52.4 Å². The fraction of sp³-hybridized carbons (Fsp3) is 0.667. The van der Waals surface area contributed by atoms with Crippen LogP contribution in [0.3, 0.4) is 0 Å². The lowest BCUT2D eigenvalue weighted by molar-refractivity contribution is -0.360. The molecular formula is C18H26F5NO4S. The Bertz CT molecular complexity index is 760. The third-order valence-corrected chi connectivity index (χ3v) is 5.07. The molecule has 1 atom stereocenters. The predicted molar refractivity (Wildman–Crippen MR) is 98.3 cm³/mol. The third-order valence-electron chi connectivity index (χ3n) is 3.53. The number of sulfonamides is 1. The van der Waals surface area contributed by atoms with Gasteiger partial charge in [-0.15, -0.1) is 0 Å². The average Bonchev–Trinajstić information content (AvgIpc) is 2.51. The van der Waals surface area contributed by atoms with Crippen LogP contribution in [0, 0.1) is 5.41 Å². The Kier molecular flexibility index (Phi) is 8.44. The van der Waals surface area contributed by atoms with Crippen LogP contribution in [-0.4, -0.2) is 39.7 Å². The molecule has 0 saturated carbocycles. The smallest absolute Gasteiger partial charge is 0.426 e. The van der Waals surface area contributed by atoms with Crippen LogP contribution in [0.15, 0.2) is 24.3 Å². The highest BCUT2D eigenvalue weighted by Crippen LogP contribution is 2.37. The zero-order valence-electron chi connectivity index (χ0n) is 16.6. The molecule has 1 rings (SSSR count). The summed E-state index contributed by atoms with van der Waals surface area (Å²) in [6.45, 7) is 8.11. The lowest BCUT2D eigenvalue weighted by Crippen LogP contribution is -2.41. The Morgan fingerprint density at radius 2 is 1.72 bits per heavy atom. The molecule has 0 aliphatic rings. The maximum atomic E-state index is 13.0. The van der Waals surface area contributed by atoms with Crippen molar-refractivity contribution in [2.75, 3.05) is 19.0 Å². The Balaban J connectivity index is 2.66.